The Hall–Kier alpha value is -4.63. The zero-order chi connectivity index (χ0) is 34.8. The Morgan fingerprint density at radius 2 is 1.71 bits per heavy atom. The van der Waals surface area contributed by atoms with Crippen LogP contribution in [-0.2, 0) is 19.6 Å². The predicted octanol–water partition coefficient (Wildman–Crippen LogP) is 5.88. The van der Waals surface area contributed by atoms with Crippen LogP contribution in [-0.4, -0.2) is 56.8 Å². The minimum atomic E-state index is -5.03. The molecule has 48 heavy (non-hydrogen) atoms. The summed E-state index contributed by atoms with van der Waals surface area (Å²) in [6.45, 7) is 10.5. The van der Waals surface area contributed by atoms with Crippen LogP contribution in [0.2, 0.25) is 0 Å². The minimum absolute atomic E-state index is 0.00895. The lowest BCUT2D eigenvalue weighted by Gasteiger charge is -2.51. The van der Waals surface area contributed by atoms with Gasteiger partial charge in [0.25, 0.3) is 0 Å². The molecule has 0 aliphatic carbocycles. The van der Waals surface area contributed by atoms with Crippen LogP contribution in [0.1, 0.15) is 53.3 Å². The van der Waals surface area contributed by atoms with Gasteiger partial charge in [0.2, 0.25) is 0 Å². The van der Waals surface area contributed by atoms with E-state index in [0.29, 0.717) is 22.5 Å². The van der Waals surface area contributed by atoms with E-state index < -0.39 is 48.1 Å². The molecule has 6 rings (SSSR count). The molecule has 5 heterocycles. The summed E-state index contributed by atoms with van der Waals surface area (Å²) in [6, 6.07) is 8.02. The molecule has 1 aliphatic heterocycles. The molecule has 1 atom stereocenters. The van der Waals surface area contributed by atoms with Crippen LogP contribution < -0.4 is 4.90 Å². The number of fused-ring (bicyclic) bond motifs is 1. The molecular weight excluding hydrogens is 649 g/mol. The first-order chi connectivity index (χ1) is 22.4. The molecule has 1 amide bonds. The van der Waals surface area contributed by atoms with Crippen molar-refractivity contribution in [2.24, 2.45) is 10.8 Å². The fourth-order valence-corrected chi connectivity index (χ4v) is 7.35. The molecule has 17 heteroatoms. The average Bonchev–Trinajstić information content (AvgIpc) is 3.73. The third-order valence-corrected chi connectivity index (χ3v) is 8.69. The van der Waals surface area contributed by atoms with E-state index >= 15 is 4.39 Å². The third-order valence-electron chi connectivity index (χ3n) is 8.19. The van der Waals surface area contributed by atoms with Crippen molar-refractivity contribution in [2.45, 2.75) is 53.3 Å². The monoisotopic (exact) mass is 682 g/mol. The van der Waals surface area contributed by atoms with Gasteiger partial charge in [0.15, 0.2) is 17.2 Å². The molecule has 1 fully saturated rings. The number of halogens is 2. The van der Waals surface area contributed by atoms with Gasteiger partial charge in [0.1, 0.15) is 36.4 Å². The summed E-state index contributed by atoms with van der Waals surface area (Å²) >= 11 is 0. The van der Waals surface area contributed by atoms with Crippen molar-refractivity contribution < 1.29 is 37.2 Å². The van der Waals surface area contributed by atoms with Crippen LogP contribution in [0.15, 0.2) is 61.3 Å². The van der Waals surface area contributed by atoms with Gasteiger partial charge in [-0.05, 0) is 35.9 Å². The number of hydrogen-bond acceptors (Lipinski definition) is 9. The Labute approximate surface area is 273 Å². The van der Waals surface area contributed by atoms with Crippen LogP contribution in [0, 0.1) is 22.5 Å². The van der Waals surface area contributed by atoms with Gasteiger partial charge >= 0.3 is 13.9 Å². The van der Waals surface area contributed by atoms with Gasteiger partial charge in [-0.3, -0.25) is 9.51 Å². The number of carbonyl (C=O) groups is 1. The van der Waals surface area contributed by atoms with Gasteiger partial charge in [-0.25, -0.2) is 42.2 Å². The number of carbonyl (C=O) groups excluding carboxylic acids is 1. The predicted molar refractivity (Wildman–Crippen MR) is 168 cm³/mol. The van der Waals surface area contributed by atoms with Crippen molar-refractivity contribution in [1.82, 2.24) is 34.3 Å². The van der Waals surface area contributed by atoms with Gasteiger partial charge in [-0.1, -0.05) is 47.6 Å². The van der Waals surface area contributed by atoms with Gasteiger partial charge < -0.3 is 14.5 Å². The SMILES string of the molecule is CC(C)(C)C(OP(=O)(O)O)(n1cnc(-c2ccc(-c3cnn4ccc(N5C(=O)OCC5c5ccc(F)cn5)nc34)cc2F)n1)C(C)(C)C. The van der Waals surface area contributed by atoms with Crippen molar-refractivity contribution in [3.63, 3.8) is 0 Å². The van der Waals surface area contributed by atoms with Crippen molar-refractivity contribution in [3.05, 3.63) is 78.6 Å². The molecule has 2 N–H and O–H groups in total. The lowest BCUT2D eigenvalue weighted by molar-refractivity contribution is -0.198. The number of aromatic nitrogens is 7. The normalized spacial score (nSPS) is 16.2. The van der Waals surface area contributed by atoms with Gasteiger partial charge in [-0.2, -0.15) is 5.10 Å². The largest absolute Gasteiger partial charge is 0.471 e. The van der Waals surface area contributed by atoms with E-state index in [-0.39, 0.29) is 23.8 Å². The zero-order valence-electron chi connectivity index (χ0n) is 26.9. The van der Waals surface area contributed by atoms with Crippen molar-refractivity contribution in [3.8, 4) is 22.5 Å². The highest BCUT2D eigenvalue weighted by molar-refractivity contribution is 7.46. The number of rotatable bonds is 7. The Kier molecular flexibility index (Phi) is 7.98. The molecule has 0 saturated carbocycles. The maximum Gasteiger partial charge on any atom is 0.471 e. The summed E-state index contributed by atoms with van der Waals surface area (Å²) in [7, 11) is -5.03. The number of phosphoric acid groups is 1. The first-order valence-corrected chi connectivity index (χ1v) is 16.3. The quantitative estimate of drug-likeness (QED) is 0.197. The minimum Gasteiger partial charge on any atom is -0.446 e. The lowest BCUT2D eigenvalue weighted by Crippen LogP contribution is -2.56. The molecular formula is C31H33F2N8O6P. The summed E-state index contributed by atoms with van der Waals surface area (Å²) < 4.78 is 55.0. The van der Waals surface area contributed by atoms with Crippen molar-refractivity contribution >= 4 is 25.4 Å². The van der Waals surface area contributed by atoms with E-state index in [1.165, 1.54) is 50.9 Å². The molecule has 252 valence electrons. The highest BCUT2D eigenvalue weighted by Gasteiger charge is 2.58. The summed E-state index contributed by atoms with van der Waals surface area (Å²) in [6.07, 6.45) is 4.78. The van der Waals surface area contributed by atoms with Gasteiger partial charge in [0.05, 0.1) is 23.7 Å². The molecule has 1 saturated heterocycles. The van der Waals surface area contributed by atoms with E-state index in [1.54, 1.807) is 59.9 Å². The number of benzene rings is 1. The maximum absolute atomic E-state index is 15.8. The number of cyclic esters (lactones) is 1. The van der Waals surface area contributed by atoms with Crippen molar-refractivity contribution in [1.29, 1.82) is 0 Å². The standard InChI is InChI=1S/C31H33F2N8O6P/c1-29(2,3)31(30(4,5)6,47-48(43,44)45)40-17-35-26(38-40)20-9-7-18(13-22(20)33)21-15-36-39-12-11-25(37-27(21)39)41-24(16-46-28(41)42)23-10-8-19(32)14-34-23/h7-15,17,24H,16H2,1-6H3,(H2,43,44,45). The van der Waals surface area contributed by atoms with Crippen LogP contribution >= 0.6 is 7.82 Å². The van der Waals surface area contributed by atoms with E-state index in [9.17, 15) is 23.5 Å². The number of anilines is 1. The molecule has 0 spiro atoms. The number of hydrogen-bond donors (Lipinski definition) is 2. The molecule has 1 aromatic carbocycles. The Balaban J connectivity index is 1.36. The molecule has 5 aromatic rings. The number of amides is 1. The Bertz CT molecular complexity index is 2050. The van der Waals surface area contributed by atoms with E-state index in [4.69, 9.17) is 9.26 Å². The molecule has 1 unspecified atom stereocenters. The highest BCUT2D eigenvalue weighted by atomic mass is 31.2. The average molecular weight is 683 g/mol. The summed E-state index contributed by atoms with van der Waals surface area (Å²) in [5, 5.41) is 8.79. The Morgan fingerprint density at radius 1 is 0.979 bits per heavy atom. The summed E-state index contributed by atoms with van der Waals surface area (Å²) in [4.78, 5) is 46.9. The number of pyridine rings is 1. The second kappa shape index (κ2) is 11.5. The number of phosphoric ester groups is 1. The molecule has 14 nitrogen and oxygen atoms in total. The van der Waals surface area contributed by atoms with Crippen molar-refractivity contribution in [2.75, 3.05) is 11.5 Å². The maximum atomic E-state index is 15.8. The first-order valence-electron chi connectivity index (χ1n) is 14.8. The first kappa shape index (κ1) is 33.3. The fourth-order valence-electron chi connectivity index (χ4n) is 6.38. The smallest absolute Gasteiger partial charge is 0.446 e. The topological polar surface area (TPSA) is 170 Å². The summed E-state index contributed by atoms with van der Waals surface area (Å²) in [5.41, 5.74) is -1.85. The number of ether oxygens (including phenoxy) is 1. The summed E-state index contributed by atoms with van der Waals surface area (Å²) in [5.74, 6) is -0.995. The van der Waals surface area contributed by atoms with E-state index in [1.807, 2.05) is 0 Å². The van der Waals surface area contributed by atoms with E-state index in [0.717, 1.165) is 6.20 Å². The molecule has 4 aromatic heterocycles. The van der Waals surface area contributed by atoms with Gasteiger partial charge in [-0.15, -0.1) is 5.10 Å². The fraction of sp³-hybridized carbons (Fsp3) is 0.355. The molecule has 1 aliphatic rings. The van der Waals surface area contributed by atoms with E-state index in [2.05, 4.69) is 25.1 Å². The molecule has 0 bridgehead atoms. The molecule has 0 radical (unpaired) electrons. The number of nitrogens with zero attached hydrogens (tertiary/aromatic N) is 8. The van der Waals surface area contributed by atoms with Crippen LogP contribution in [0.25, 0.3) is 28.2 Å². The zero-order valence-corrected chi connectivity index (χ0v) is 27.8. The second-order valence-corrected chi connectivity index (χ2v) is 14.6. The lowest BCUT2D eigenvalue weighted by atomic mass is 9.68. The third kappa shape index (κ3) is 5.74. The van der Waals surface area contributed by atoms with Crippen LogP contribution in [0.3, 0.4) is 0 Å². The van der Waals surface area contributed by atoms with Gasteiger partial charge in [0, 0.05) is 22.6 Å². The second-order valence-electron chi connectivity index (χ2n) is 13.4. The van der Waals surface area contributed by atoms with Crippen LogP contribution in [0.5, 0.6) is 0 Å². The highest BCUT2D eigenvalue weighted by Crippen LogP contribution is 2.58. The Morgan fingerprint density at radius 3 is 2.33 bits per heavy atom. The van der Waals surface area contributed by atoms with Crippen LogP contribution in [0.4, 0.5) is 19.4 Å².